The molecule has 2 aliphatic rings. The maximum Gasteiger partial charge on any atom is 0.109 e. The van der Waals surface area contributed by atoms with Gasteiger partial charge in [0.2, 0.25) is 0 Å². The maximum atomic E-state index is 2.47. The van der Waals surface area contributed by atoms with Crippen molar-refractivity contribution in [2.45, 2.75) is 58.0 Å². The van der Waals surface area contributed by atoms with Crippen LogP contribution in [0.15, 0.2) is 47.6 Å². The molecule has 0 aliphatic heterocycles. The molecule has 0 radical (unpaired) electrons. The Morgan fingerprint density at radius 3 is 2.40 bits per heavy atom. The molecule has 2 heteroatoms. The highest BCUT2D eigenvalue weighted by molar-refractivity contribution is 8.29. The first-order chi connectivity index (χ1) is 9.19. The molecule has 20 heavy (non-hydrogen) atoms. The van der Waals surface area contributed by atoms with Crippen LogP contribution in [0.3, 0.4) is 0 Å². The Balaban J connectivity index is 2.49. The highest BCUT2D eigenvalue weighted by atomic mass is 32.4. The van der Waals surface area contributed by atoms with Crippen molar-refractivity contribution in [2.24, 2.45) is 5.41 Å². The summed E-state index contributed by atoms with van der Waals surface area (Å²) in [6.07, 6.45) is 16.2. The summed E-state index contributed by atoms with van der Waals surface area (Å²) in [6.45, 7) is 14.6. The zero-order chi connectivity index (χ0) is 15.0. The Labute approximate surface area is 129 Å². The van der Waals surface area contributed by atoms with Crippen LogP contribution in [0.4, 0.5) is 0 Å². The molecule has 0 aromatic rings. The fourth-order valence-corrected chi connectivity index (χ4v) is 9.88. The van der Waals surface area contributed by atoms with Gasteiger partial charge >= 0.3 is 0 Å². The van der Waals surface area contributed by atoms with Crippen LogP contribution in [0, 0.1) is 5.41 Å². The second-order valence-electron chi connectivity index (χ2n) is 7.45. The average molecular weight is 305 g/mol. The maximum absolute atomic E-state index is 2.47. The summed E-state index contributed by atoms with van der Waals surface area (Å²) >= 11 is 2.27. The van der Waals surface area contributed by atoms with Crippen LogP contribution < -0.4 is 0 Å². The smallest absolute Gasteiger partial charge is 0.109 e. The molecular formula is C18H28SSi. The van der Waals surface area contributed by atoms with Crippen molar-refractivity contribution in [1.29, 1.82) is 0 Å². The Hall–Kier alpha value is -0.473. The topological polar surface area (TPSA) is 0 Å². The fourth-order valence-electron chi connectivity index (χ4n) is 3.42. The molecule has 2 rings (SSSR count). The van der Waals surface area contributed by atoms with Gasteiger partial charge in [-0.15, -0.1) is 0 Å². The van der Waals surface area contributed by atoms with Gasteiger partial charge in [-0.05, 0) is 25.3 Å². The molecule has 0 amide bonds. The first kappa shape index (κ1) is 15.9. The summed E-state index contributed by atoms with van der Waals surface area (Å²) in [6, 6.07) is 0. The van der Waals surface area contributed by atoms with E-state index in [9.17, 15) is 0 Å². The molecule has 0 saturated heterocycles. The highest BCUT2D eigenvalue weighted by Crippen LogP contribution is 2.57. The van der Waals surface area contributed by atoms with Crippen molar-refractivity contribution >= 4 is 18.4 Å². The third-order valence-electron chi connectivity index (χ3n) is 4.51. The summed E-state index contributed by atoms with van der Waals surface area (Å²) in [7, 11) is -1.23. The minimum absolute atomic E-state index is 0.177. The van der Waals surface area contributed by atoms with Crippen molar-refractivity contribution in [3.8, 4) is 0 Å². The Bertz CT molecular complexity index is 500. The van der Waals surface area contributed by atoms with Crippen LogP contribution in [0.5, 0.6) is 0 Å². The predicted molar refractivity (Wildman–Crippen MR) is 96.8 cm³/mol. The molecule has 0 N–H and O–H groups in total. The van der Waals surface area contributed by atoms with Gasteiger partial charge in [-0.2, -0.15) is 11.2 Å². The van der Waals surface area contributed by atoms with Gasteiger partial charge in [0.25, 0.3) is 0 Å². The SMILES string of the molecule is CC1=CC=CCC1(S[Si](C)(C)C)C(C)(C)C1=CCC=C1. The zero-order valence-corrected chi connectivity index (χ0v) is 15.6. The molecule has 110 valence electrons. The van der Waals surface area contributed by atoms with E-state index < -0.39 is 7.22 Å². The van der Waals surface area contributed by atoms with Crippen LogP contribution in [0.25, 0.3) is 0 Å². The van der Waals surface area contributed by atoms with Crippen LogP contribution in [-0.4, -0.2) is 12.0 Å². The van der Waals surface area contributed by atoms with E-state index in [1.165, 1.54) is 5.57 Å². The van der Waals surface area contributed by atoms with Gasteiger partial charge in [0.05, 0.1) is 0 Å². The molecule has 0 heterocycles. The van der Waals surface area contributed by atoms with Gasteiger partial charge in [0.15, 0.2) is 0 Å². The van der Waals surface area contributed by atoms with E-state index in [2.05, 4.69) is 88.1 Å². The molecule has 0 saturated carbocycles. The van der Waals surface area contributed by atoms with Gasteiger partial charge in [-0.25, -0.2) is 0 Å². The van der Waals surface area contributed by atoms with Crippen LogP contribution in [0.2, 0.25) is 19.6 Å². The molecular weight excluding hydrogens is 276 g/mol. The summed E-state index contributed by atoms with van der Waals surface area (Å²) < 4.78 is 0.215. The van der Waals surface area contributed by atoms with E-state index in [0.29, 0.717) is 0 Å². The number of rotatable bonds is 4. The number of hydrogen-bond donors (Lipinski definition) is 0. The van der Waals surface area contributed by atoms with Crippen LogP contribution in [-0.2, 0) is 0 Å². The quantitative estimate of drug-likeness (QED) is 0.564. The van der Waals surface area contributed by atoms with E-state index in [1.807, 2.05) is 0 Å². The Morgan fingerprint density at radius 1 is 1.20 bits per heavy atom. The molecule has 0 fully saturated rings. The third-order valence-corrected chi connectivity index (χ3v) is 9.35. The lowest BCUT2D eigenvalue weighted by Crippen LogP contribution is -2.47. The van der Waals surface area contributed by atoms with E-state index in [-0.39, 0.29) is 10.2 Å². The second-order valence-corrected chi connectivity index (χ2v) is 16.9. The summed E-state index contributed by atoms with van der Waals surface area (Å²) in [5.74, 6) is 0. The molecule has 1 atom stereocenters. The van der Waals surface area contributed by atoms with Gasteiger partial charge in [0.1, 0.15) is 7.22 Å². The standard InChI is InChI=1S/C18H28SSi/c1-15-11-9-10-14-18(15,19-20(4,5)6)17(2,3)16-12-7-8-13-16/h7,9-13H,8,14H2,1-6H3. The lowest BCUT2D eigenvalue weighted by molar-refractivity contribution is 0.351. The predicted octanol–water partition coefficient (Wildman–Crippen LogP) is 6.11. The van der Waals surface area contributed by atoms with E-state index >= 15 is 0 Å². The van der Waals surface area contributed by atoms with Gasteiger partial charge < -0.3 is 0 Å². The molecule has 0 bridgehead atoms. The van der Waals surface area contributed by atoms with Gasteiger partial charge in [-0.1, -0.05) is 75.5 Å². The molecule has 0 nitrogen and oxygen atoms in total. The third kappa shape index (κ3) is 2.78. The van der Waals surface area contributed by atoms with E-state index in [4.69, 9.17) is 0 Å². The van der Waals surface area contributed by atoms with Gasteiger partial charge in [-0.3, -0.25) is 0 Å². The van der Waals surface area contributed by atoms with Crippen molar-refractivity contribution in [2.75, 3.05) is 0 Å². The Morgan fingerprint density at radius 2 is 1.90 bits per heavy atom. The van der Waals surface area contributed by atoms with Crippen LogP contribution >= 0.6 is 11.2 Å². The lowest BCUT2D eigenvalue weighted by Gasteiger charge is -2.51. The van der Waals surface area contributed by atoms with Crippen molar-refractivity contribution in [1.82, 2.24) is 0 Å². The van der Waals surface area contributed by atoms with E-state index in [0.717, 1.165) is 12.8 Å². The molecule has 2 aliphatic carbocycles. The molecule has 0 spiro atoms. The largest absolute Gasteiger partial charge is 0.174 e. The fraction of sp³-hybridized carbons (Fsp3) is 0.556. The zero-order valence-electron chi connectivity index (χ0n) is 13.8. The van der Waals surface area contributed by atoms with Crippen molar-refractivity contribution in [3.05, 3.63) is 47.6 Å². The minimum Gasteiger partial charge on any atom is -0.174 e. The lowest BCUT2D eigenvalue weighted by atomic mass is 9.67. The molecule has 0 aromatic carbocycles. The van der Waals surface area contributed by atoms with Crippen molar-refractivity contribution in [3.63, 3.8) is 0 Å². The average Bonchev–Trinajstić information content (AvgIpc) is 2.84. The number of allylic oxidation sites excluding steroid dienone is 7. The first-order valence-corrected chi connectivity index (χ1v) is 12.6. The Kier molecular flexibility index (Phi) is 4.28. The van der Waals surface area contributed by atoms with Gasteiger partial charge in [0, 0.05) is 10.2 Å². The molecule has 1 unspecified atom stereocenters. The molecule has 0 aromatic heterocycles. The summed E-state index contributed by atoms with van der Waals surface area (Å²) in [4.78, 5) is 0. The van der Waals surface area contributed by atoms with Crippen LogP contribution in [0.1, 0.15) is 33.6 Å². The summed E-state index contributed by atoms with van der Waals surface area (Å²) in [5, 5.41) is 0. The highest BCUT2D eigenvalue weighted by Gasteiger charge is 2.50. The number of hydrogen-bond acceptors (Lipinski definition) is 1. The monoisotopic (exact) mass is 304 g/mol. The summed E-state index contributed by atoms with van der Waals surface area (Å²) in [5.41, 5.74) is 3.24. The second kappa shape index (κ2) is 5.38. The first-order valence-electron chi connectivity index (χ1n) is 7.60. The minimum atomic E-state index is -1.23. The van der Waals surface area contributed by atoms with Crippen molar-refractivity contribution < 1.29 is 0 Å². The normalized spacial score (nSPS) is 26.7. The van der Waals surface area contributed by atoms with E-state index in [1.54, 1.807) is 5.57 Å².